The quantitative estimate of drug-likeness (QED) is 0.797. The first kappa shape index (κ1) is 15.2. The summed E-state index contributed by atoms with van der Waals surface area (Å²) in [5.74, 6) is -0.684. The Balaban J connectivity index is 2.09. The Morgan fingerprint density at radius 2 is 1.91 bits per heavy atom. The molecule has 0 aliphatic carbocycles. The Morgan fingerprint density at radius 3 is 2.57 bits per heavy atom. The Kier molecular flexibility index (Phi) is 3.86. The summed E-state index contributed by atoms with van der Waals surface area (Å²) in [6.45, 7) is 5.81. The first-order valence-electron chi connectivity index (χ1n) is 7.55. The van der Waals surface area contributed by atoms with E-state index in [4.69, 9.17) is 0 Å². The molecule has 3 rings (SSSR count). The number of pyridine rings is 1. The molecule has 2 heterocycles. The highest BCUT2D eigenvalue weighted by Gasteiger charge is 2.19. The molecule has 0 unspecified atom stereocenters. The maximum Gasteiger partial charge on any atom is 0.274 e. The largest absolute Gasteiger partial charge is 0.320 e. The smallest absolute Gasteiger partial charge is 0.274 e. The van der Waals surface area contributed by atoms with Gasteiger partial charge in [0.05, 0.1) is 5.69 Å². The summed E-state index contributed by atoms with van der Waals surface area (Å²) < 4.78 is 15.1. The van der Waals surface area contributed by atoms with Crippen molar-refractivity contribution < 1.29 is 9.18 Å². The maximum atomic E-state index is 13.6. The van der Waals surface area contributed by atoms with E-state index in [2.05, 4.69) is 10.3 Å². The van der Waals surface area contributed by atoms with Crippen LogP contribution in [0.5, 0.6) is 0 Å². The molecule has 4 nitrogen and oxygen atoms in total. The summed E-state index contributed by atoms with van der Waals surface area (Å²) in [5.41, 5.74) is 4.35. The highest BCUT2D eigenvalue weighted by molar-refractivity contribution is 6.05. The van der Waals surface area contributed by atoms with Gasteiger partial charge in [-0.1, -0.05) is 25.1 Å². The number of nitrogens with one attached hydrogen (secondary N) is 1. The standard InChI is InChI=1S/C18H18FN3O/c1-4-14-17(22-10-13(19)8-9-15(22)20-14)18(23)21-16-11(2)6-5-7-12(16)3/h5-10H,4H2,1-3H3,(H,21,23). The van der Waals surface area contributed by atoms with E-state index in [1.165, 1.54) is 16.7 Å². The molecule has 1 amide bonds. The molecule has 0 aliphatic heterocycles. The lowest BCUT2D eigenvalue weighted by Gasteiger charge is -2.12. The molecule has 0 saturated carbocycles. The average Bonchev–Trinajstić information content (AvgIpc) is 2.88. The monoisotopic (exact) mass is 311 g/mol. The van der Waals surface area contributed by atoms with Crippen molar-refractivity contribution in [3.05, 3.63) is 64.9 Å². The second kappa shape index (κ2) is 5.83. The van der Waals surface area contributed by atoms with E-state index in [1.807, 2.05) is 39.0 Å². The lowest BCUT2D eigenvalue weighted by atomic mass is 10.1. The number of hydrogen-bond donors (Lipinski definition) is 1. The lowest BCUT2D eigenvalue weighted by Crippen LogP contribution is -2.17. The number of carbonyl (C=O) groups excluding carboxylic acids is 1. The summed E-state index contributed by atoms with van der Waals surface area (Å²) in [6.07, 6.45) is 1.89. The molecule has 5 heteroatoms. The van der Waals surface area contributed by atoms with Gasteiger partial charge in [0.1, 0.15) is 17.2 Å². The number of rotatable bonds is 3. The number of halogens is 1. The highest BCUT2D eigenvalue weighted by Crippen LogP contribution is 2.22. The molecule has 0 atom stereocenters. The van der Waals surface area contributed by atoms with Gasteiger partial charge in [0.15, 0.2) is 0 Å². The predicted molar refractivity (Wildman–Crippen MR) is 88.4 cm³/mol. The number of aromatic nitrogens is 2. The molecule has 0 saturated heterocycles. The normalized spacial score (nSPS) is 11.0. The van der Waals surface area contributed by atoms with Crippen molar-refractivity contribution in [1.82, 2.24) is 9.38 Å². The minimum absolute atomic E-state index is 0.280. The van der Waals surface area contributed by atoms with Gasteiger partial charge in [0, 0.05) is 11.9 Å². The predicted octanol–water partition coefficient (Wildman–Crippen LogP) is 3.90. The third-order valence-electron chi connectivity index (χ3n) is 3.92. The number of imidazole rings is 1. The van der Waals surface area contributed by atoms with Gasteiger partial charge in [0.25, 0.3) is 5.91 Å². The van der Waals surface area contributed by atoms with Crippen molar-refractivity contribution in [2.24, 2.45) is 0 Å². The Bertz CT molecular complexity index is 878. The molecule has 1 N–H and O–H groups in total. The lowest BCUT2D eigenvalue weighted by molar-refractivity contribution is 0.102. The minimum Gasteiger partial charge on any atom is -0.320 e. The Morgan fingerprint density at radius 1 is 1.22 bits per heavy atom. The number of anilines is 1. The van der Waals surface area contributed by atoms with Crippen molar-refractivity contribution in [3.63, 3.8) is 0 Å². The van der Waals surface area contributed by atoms with Crippen molar-refractivity contribution in [3.8, 4) is 0 Å². The fraction of sp³-hybridized carbons (Fsp3) is 0.222. The van der Waals surface area contributed by atoms with Gasteiger partial charge in [-0.2, -0.15) is 0 Å². The number of hydrogen-bond acceptors (Lipinski definition) is 2. The zero-order valence-electron chi connectivity index (χ0n) is 13.4. The Labute approximate surface area is 134 Å². The third-order valence-corrected chi connectivity index (χ3v) is 3.92. The van der Waals surface area contributed by atoms with Crippen LogP contribution in [-0.4, -0.2) is 15.3 Å². The fourth-order valence-corrected chi connectivity index (χ4v) is 2.74. The molecule has 118 valence electrons. The van der Waals surface area contributed by atoms with E-state index >= 15 is 0 Å². The van der Waals surface area contributed by atoms with Crippen molar-refractivity contribution in [2.45, 2.75) is 27.2 Å². The van der Waals surface area contributed by atoms with Gasteiger partial charge in [-0.15, -0.1) is 0 Å². The molecule has 0 spiro atoms. The summed E-state index contributed by atoms with van der Waals surface area (Å²) in [7, 11) is 0. The van der Waals surface area contributed by atoms with Crippen LogP contribution in [0.1, 0.15) is 34.2 Å². The average molecular weight is 311 g/mol. The van der Waals surface area contributed by atoms with Gasteiger partial charge < -0.3 is 5.32 Å². The topological polar surface area (TPSA) is 46.4 Å². The zero-order valence-corrected chi connectivity index (χ0v) is 13.4. The number of para-hydroxylation sites is 1. The van der Waals surface area contributed by atoms with E-state index in [-0.39, 0.29) is 5.91 Å². The van der Waals surface area contributed by atoms with Crippen LogP contribution in [0.15, 0.2) is 36.5 Å². The van der Waals surface area contributed by atoms with Gasteiger partial charge in [-0.25, -0.2) is 9.37 Å². The number of amides is 1. The van der Waals surface area contributed by atoms with Crippen LogP contribution in [0.3, 0.4) is 0 Å². The van der Waals surface area contributed by atoms with Crippen LogP contribution in [0.25, 0.3) is 5.65 Å². The van der Waals surface area contributed by atoms with Gasteiger partial charge >= 0.3 is 0 Å². The minimum atomic E-state index is -0.404. The van der Waals surface area contributed by atoms with Crippen LogP contribution in [0.4, 0.5) is 10.1 Å². The van der Waals surface area contributed by atoms with E-state index < -0.39 is 5.82 Å². The summed E-state index contributed by atoms with van der Waals surface area (Å²) in [4.78, 5) is 17.2. The molecule has 0 bridgehead atoms. The van der Waals surface area contributed by atoms with Gasteiger partial charge in [-0.3, -0.25) is 9.20 Å². The number of benzene rings is 1. The first-order chi connectivity index (χ1) is 11.0. The molecule has 0 aliphatic rings. The van der Waals surface area contributed by atoms with Crippen LogP contribution in [0, 0.1) is 19.7 Å². The van der Waals surface area contributed by atoms with Crippen molar-refractivity contribution >= 4 is 17.2 Å². The molecular formula is C18H18FN3O. The van der Waals surface area contributed by atoms with Crippen LogP contribution < -0.4 is 5.32 Å². The van der Waals surface area contributed by atoms with Gasteiger partial charge in [0.2, 0.25) is 0 Å². The SMILES string of the molecule is CCc1nc2ccc(F)cn2c1C(=O)Nc1c(C)cccc1C. The fourth-order valence-electron chi connectivity index (χ4n) is 2.74. The summed E-state index contributed by atoms with van der Waals surface area (Å²) in [6, 6.07) is 8.75. The van der Waals surface area contributed by atoms with E-state index in [0.29, 0.717) is 23.5 Å². The molecular weight excluding hydrogens is 293 g/mol. The molecule has 0 radical (unpaired) electrons. The van der Waals surface area contributed by atoms with Crippen molar-refractivity contribution in [1.29, 1.82) is 0 Å². The van der Waals surface area contributed by atoms with Gasteiger partial charge in [-0.05, 0) is 43.5 Å². The van der Waals surface area contributed by atoms with Crippen LogP contribution in [0.2, 0.25) is 0 Å². The second-order valence-corrected chi connectivity index (χ2v) is 5.56. The highest BCUT2D eigenvalue weighted by atomic mass is 19.1. The number of aryl methyl sites for hydroxylation is 3. The maximum absolute atomic E-state index is 13.6. The number of fused-ring (bicyclic) bond motifs is 1. The third kappa shape index (κ3) is 2.70. The molecule has 3 aromatic rings. The summed E-state index contributed by atoms with van der Waals surface area (Å²) in [5, 5.41) is 2.94. The molecule has 2 aromatic heterocycles. The summed E-state index contributed by atoms with van der Waals surface area (Å²) >= 11 is 0. The first-order valence-corrected chi connectivity index (χ1v) is 7.55. The number of nitrogens with zero attached hydrogens (tertiary/aromatic N) is 2. The van der Waals surface area contributed by atoms with Crippen LogP contribution in [-0.2, 0) is 6.42 Å². The second-order valence-electron chi connectivity index (χ2n) is 5.56. The van der Waals surface area contributed by atoms with Crippen molar-refractivity contribution in [2.75, 3.05) is 5.32 Å². The molecule has 0 fully saturated rings. The molecule has 23 heavy (non-hydrogen) atoms. The number of carbonyl (C=O) groups is 1. The zero-order chi connectivity index (χ0) is 16.6. The Hall–Kier alpha value is -2.69. The van der Waals surface area contributed by atoms with E-state index in [0.717, 1.165) is 16.8 Å². The van der Waals surface area contributed by atoms with E-state index in [1.54, 1.807) is 6.07 Å². The van der Waals surface area contributed by atoms with E-state index in [9.17, 15) is 9.18 Å². The van der Waals surface area contributed by atoms with Crippen LogP contribution >= 0.6 is 0 Å². The molecule has 1 aromatic carbocycles.